The maximum Gasteiger partial charge on any atom is 0.101 e. The van der Waals surface area contributed by atoms with Gasteiger partial charge in [0, 0.05) is 13.2 Å². The predicted molar refractivity (Wildman–Crippen MR) is 68.3 cm³/mol. The van der Waals surface area contributed by atoms with Gasteiger partial charge in [0.25, 0.3) is 0 Å². The highest BCUT2D eigenvalue weighted by atomic mass is 35.5. The second-order valence-electron chi connectivity index (χ2n) is 4.12. The Morgan fingerprint density at radius 3 is 2.67 bits per heavy atom. The van der Waals surface area contributed by atoms with E-state index in [-0.39, 0.29) is 6.10 Å². The fourth-order valence-electron chi connectivity index (χ4n) is 1.92. The van der Waals surface area contributed by atoms with Crippen molar-refractivity contribution >= 4 is 17.3 Å². The molecule has 2 rings (SSSR count). The molecule has 0 amide bonds. The number of halogens is 1. The lowest BCUT2D eigenvalue weighted by Gasteiger charge is -2.13. The smallest absolute Gasteiger partial charge is 0.101 e. The average molecular weight is 262 g/mol. The molecule has 4 nitrogen and oxygen atoms in total. The number of nitrogens with zero attached hydrogens (tertiary/aromatic N) is 2. The molecule has 0 aliphatic carbocycles. The van der Waals surface area contributed by atoms with Gasteiger partial charge in [-0.15, -0.1) is 0 Å². The van der Waals surface area contributed by atoms with E-state index in [0.29, 0.717) is 28.4 Å². The van der Waals surface area contributed by atoms with Crippen molar-refractivity contribution < 1.29 is 4.74 Å². The van der Waals surface area contributed by atoms with Gasteiger partial charge in [-0.2, -0.15) is 10.5 Å². The lowest BCUT2D eigenvalue weighted by Crippen LogP contribution is -2.18. The highest BCUT2D eigenvalue weighted by Crippen LogP contribution is 2.26. The van der Waals surface area contributed by atoms with Gasteiger partial charge in [-0.3, -0.25) is 0 Å². The fraction of sp³-hybridized carbons (Fsp3) is 0.385. The standard InChI is InChI=1S/C13H12ClN3O/c14-12-4-9(6-15)10(7-16)5-13(12)17-8-11-2-1-3-18-11/h4-5,11,17H,1-3,8H2/t11-/m0/s1. The molecule has 1 fully saturated rings. The normalized spacial score (nSPS) is 18.1. The van der Waals surface area contributed by atoms with Gasteiger partial charge < -0.3 is 10.1 Å². The van der Waals surface area contributed by atoms with Crippen LogP contribution in [-0.4, -0.2) is 19.3 Å². The van der Waals surface area contributed by atoms with E-state index >= 15 is 0 Å². The van der Waals surface area contributed by atoms with Gasteiger partial charge in [0.05, 0.1) is 27.9 Å². The number of nitriles is 2. The van der Waals surface area contributed by atoms with Crippen molar-refractivity contribution in [3.63, 3.8) is 0 Å². The molecule has 1 aliphatic heterocycles. The zero-order chi connectivity index (χ0) is 13.0. The van der Waals surface area contributed by atoms with Gasteiger partial charge in [-0.1, -0.05) is 11.6 Å². The van der Waals surface area contributed by atoms with Crippen molar-refractivity contribution in [1.29, 1.82) is 10.5 Å². The second kappa shape index (κ2) is 5.73. The molecule has 1 saturated heterocycles. The van der Waals surface area contributed by atoms with Crippen molar-refractivity contribution in [3.05, 3.63) is 28.3 Å². The number of ether oxygens (including phenoxy) is 1. The molecular formula is C13H12ClN3O. The molecule has 1 aromatic rings. The quantitative estimate of drug-likeness (QED) is 0.908. The highest BCUT2D eigenvalue weighted by molar-refractivity contribution is 6.33. The number of rotatable bonds is 3. The van der Waals surface area contributed by atoms with Crippen molar-refractivity contribution in [3.8, 4) is 12.1 Å². The summed E-state index contributed by atoms with van der Waals surface area (Å²) in [4.78, 5) is 0. The van der Waals surface area contributed by atoms with Gasteiger partial charge >= 0.3 is 0 Å². The largest absolute Gasteiger partial charge is 0.381 e. The van der Waals surface area contributed by atoms with Gasteiger partial charge in [0.1, 0.15) is 12.1 Å². The Labute approximate surface area is 111 Å². The minimum atomic E-state index is 0.197. The molecule has 0 unspecified atom stereocenters. The summed E-state index contributed by atoms with van der Waals surface area (Å²) in [6.07, 6.45) is 2.31. The first kappa shape index (κ1) is 12.7. The van der Waals surface area contributed by atoms with Crippen molar-refractivity contribution in [1.82, 2.24) is 0 Å². The summed E-state index contributed by atoms with van der Waals surface area (Å²) < 4.78 is 5.49. The van der Waals surface area contributed by atoms with Crippen LogP contribution >= 0.6 is 11.6 Å². The molecule has 18 heavy (non-hydrogen) atoms. The van der Waals surface area contributed by atoms with Gasteiger partial charge in [0.2, 0.25) is 0 Å². The number of anilines is 1. The van der Waals surface area contributed by atoms with Crippen molar-refractivity contribution in [2.75, 3.05) is 18.5 Å². The van der Waals surface area contributed by atoms with Crippen LogP contribution in [0, 0.1) is 22.7 Å². The molecule has 1 aliphatic rings. The summed E-state index contributed by atoms with van der Waals surface area (Å²) in [6.45, 7) is 1.47. The molecule has 1 heterocycles. The Morgan fingerprint density at radius 1 is 1.33 bits per heavy atom. The van der Waals surface area contributed by atoms with Gasteiger partial charge in [0.15, 0.2) is 0 Å². The third-order valence-electron chi connectivity index (χ3n) is 2.89. The molecule has 0 spiro atoms. The van der Waals surface area contributed by atoms with E-state index in [0.717, 1.165) is 19.4 Å². The monoisotopic (exact) mass is 261 g/mol. The van der Waals surface area contributed by atoms with E-state index in [4.69, 9.17) is 26.9 Å². The fourth-order valence-corrected chi connectivity index (χ4v) is 2.15. The number of hydrogen-bond acceptors (Lipinski definition) is 4. The summed E-state index contributed by atoms with van der Waals surface area (Å²) in [5.74, 6) is 0. The first-order valence-electron chi connectivity index (χ1n) is 5.74. The average Bonchev–Trinajstić information content (AvgIpc) is 2.90. The van der Waals surface area contributed by atoms with Crippen molar-refractivity contribution in [2.24, 2.45) is 0 Å². The SMILES string of the molecule is N#Cc1cc(Cl)c(NC[C@@H]2CCCO2)cc1C#N. The Bertz CT molecular complexity index is 524. The summed E-state index contributed by atoms with van der Waals surface area (Å²) in [5, 5.41) is 21.4. The molecule has 92 valence electrons. The van der Waals surface area contributed by atoms with Crippen LogP contribution in [0.15, 0.2) is 12.1 Å². The summed E-state index contributed by atoms with van der Waals surface area (Å²) in [5.41, 5.74) is 1.30. The third kappa shape index (κ3) is 2.73. The zero-order valence-electron chi connectivity index (χ0n) is 9.74. The van der Waals surface area contributed by atoms with Crippen molar-refractivity contribution in [2.45, 2.75) is 18.9 Å². The van der Waals surface area contributed by atoms with E-state index in [1.54, 1.807) is 6.07 Å². The van der Waals surface area contributed by atoms with Crippen LogP contribution in [-0.2, 0) is 4.74 Å². The van der Waals surface area contributed by atoms with E-state index in [2.05, 4.69) is 5.32 Å². The summed E-state index contributed by atoms with van der Waals surface area (Å²) >= 11 is 6.06. The Balaban J connectivity index is 2.13. The van der Waals surface area contributed by atoms with Crippen LogP contribution in [0.1, 0.15) is 24.0 Å². The Hall–Kier alpha value is -1.75. The predicted octanol–water partition coefficient (Wildman–Crippen LogP) is 2.67. The number of hydrogen-bond donors (Lipinski definition) is 1. The van der Waals surface area contributed by atoms with Crippen LogP contribution in [0.25, 0.3) is 0 Å². The maximum atomic E-state index is 8.95. The molecule has 0 saturated carbocycles. The van der Waals surface area contributed by atoms with E-state index < -0.39 is 0 Å². The lowest BCUT2D eigenvalue weighted by molar-refractivity contribution is 0.120. The Kier molecular flexibility index (Phi) is 4.04. The molecule has 1 atom stereocenters. The molecule has 5 heteroatoms. The zero-order valence-corrected chi connectivity index (χ0v) is 10.5. The molecule has 0 bridgehead atoms. The lowest BCUT2D eigenvalue weighted by atomic mass is 10.1. The van der Waals surface area contributed by atoms with E-state index in [1.807, 2.05) is 12.1 Å². The first-order valence-corrected chi connectivity index (χ1v) is 6.11. The molecule has 0 aromatic heterocycles. The van der Waals surface area contributed by atoms with Gasteiger partial charge in [-0.05, 0) is 25.0 Å². The van der Waals surface area contributed by atoms with Crippen LogP contribution in [0.3, 0.4) is 0 Å². The van der Waals surface area contributed by atoms with Crippen LogP contribution in [0.2, 0.25) is 5.02 Å². The summed E-state index contributed by atoms with van der Waals surface area (Å²) in [6, 6.07) is 7.06. The van der Waals surface area contributed by atoms with E-state index in [1.165, 1.54) is 6.07 Å². The van der Waals surface area contributed by atoms with Crippen LogP contribution in [0.4, 0.5) is 5.69 Å². The first-order chi connectivity index (χ1) is 8.74. The van der Waals surface area contributed by atoms with Gasteiger partial charge in [-0.25, -0.2) is 0 Å². The summed E-state index contributed by atoms with van der Waals surface area (Å²) in [7, 11) is 0. The molecule has 0 radical (unpaired) electrons. The molecule has 1 aromatic carbocycles. The topological polar surface area (TPSA) is 68.8 Å². The van der Waals surface area contributed by atoms with Crippen LogP contribution < -0.4 is 5.32 Å². The minimum absolute atomic E-state index is 0.197. The second-order valence-corrected chi connectivity index (χ2v) is 4.52. The molecular weight excluding hydrogens is 250 g/mol. The minimum Gasteiger partial charge on any atom is -0.381 e. The highest BCUT2D eigenvalue weighted by Gasteiger charge is 2.16. The van der Waals surface area contributed by atoms with Crippen LogP contribution in [0.5, 0.6) is 0 Å². The maximum absolute atomic E-state index is 8.95. The third-order valence-corrected chi connectivity index (χ3v) is 3.20. The number of benzene rings is 1. The van der Waals surface area contributed by atoms with E-state index in [9.17, 15) is 0 Å². The Morgan fingerprint density at radius 2 is 2.06 bits per heavy atom. The number of nitrogens with one attached hydrogen (secondary N) is 1. The molecule has 1 N–H and O–H groups in total.